The largest absolute Gasteiger partial charge is 0.389 e. The summed E-state index contributed by atoms with van der Waals surface area (Å²) in [6, 6.07) is 7.47. The number of benzene rings is 2. The zero-order chi connectivity index (χ0) is 28.9. The molecule has 2 aromatic rings. The van der Waals surface area contributed by atoms with Gasteiger partial charge in [-0.25, -0.2) is 0 Å². The van der Waals surface area contributed by atoms with Crippen LogP contribution >= 0.6 is 69.6 Å². The van der Waals surface area contributed by atoms with Crippen molar-refractivity contribution in [2.24, 2.45) is 11.8 Å². The summed E-state index contributed by atoms with van der Waals surface area (Å²) in [7, 11) is 0. The quantitative estimate of drug-likeness (QED) is 0.176. The molecule has 0 bridgehead atoms. The number of rotatable bonds is 8. The average Bonchev–Trinajstić information content (AvgIpc) is 3.40. The van der Waals surface area contributed by atoms with E-state index in [1.807, 2.05) is 0 Å². The Morgan fingerprint density at radius 1 is 0.974 bits per heavy atom. The lowest BCUT2D eigenvalue weighted by Crippen LogP contribution is -2.50. The SMILES string of the molecule is O=C(CC1CN(C(=O)CCC(F)(F)F)C1)c1cc(NC(=O)C2C(c3cc(Cl)c(Cl)c(Cl)c3)C2(Cl)Cl)ccc1Cl. The zero-order valence-corrected chi connectivity index (χ0v) is 24.3. The van der Waals surface area contributed by atoms with Gasteiger partial charge in [-0.1, -0.05) is 46.4 Å². The maximum absolute atomic E-state index is 13.0. The highest BCUT2D eigenvalue weighted by atomic mass is 35.5. The molecule has 39 heavy (non-hydrogen) atoms. The van der Waals surface area contributed by atoms with Gasteiger partial charge >= 0.3 is 6.18 Å². The molecule has 2 amide bonds. The molecular weight excluding hydrogens is 646 g/mol. The van der Waals surface area contributed by atoms with Crippen LogP contribution in [0.1, 0.15) is 41.1 Å². The Morgan fingerprint density at radius 2 is 1.59 bits per heavy atom. The maximum atomic E-state index is 13.0. The van der Waals surface area contributed by atoms with Gasteiger partial charge in [0, 0.05) is 49.0 Å². The van der Waals surface area contributed by atoms with Crippen LogP contribution in [0.15, 0.2) is 30.3 Å². The van der Waals surface area contributed by atoms with Gasteiger partial charge in [-0.2, -0.15) is 13.2 Å². The van der Waals surface area contributed by atoms with E-state index in [1.54, 1.807) is 0 Å². The highest BCUT2D eigenvalue weighted by Crippen LogP contribution is 2.65. The molecule has 1 aliphatic carbocycles. The fourth-order valence-electron chi connectivity index (χ4n) is 4.54. The van der Waals surface area contributed by atoms with E-state index in [0.717, 1.165) is 0 Å². The number of Topliss-reactive ketones (excluding diaryl/α,β-unsaturated/α-hetero) is 1. The first kappa shape index (κ1) is 30.5. The Hall–Kier alpha value is -1.42. The number of hydrogen-bond donors (Lipinski definition) is 1. The summed E-state index contributed by atoms with van der Waals surface area (Å²) >= 11 is 37.2. The van der Waals surface area contributed by atoms with Crippen LogP contribution in [0.4, 0.5) is 18.9 Å². The van der Waals surface area contributed by atoms with E-state index in [9.17, 15) is 27.6 Å². The van der Waals surface area contributed by atoms with Crippen LogP contribution < -0.4 is 5.32 Å². The van der Waals surface area contributed by atoms with Crippen molar-refractivity contribution in [1.82, 2.24) is 4.90 Å². The van der Waals surface area contributed by atoms with Crippen molar-refractivity contribution in [1.29, 1.82) is 0 Å². The molecule has 2 unspecified atom stereocenters. The van der Waals surface area contributed by atoms with Gasteiger partial charge in [0.05, 0.1) is 32.4 Å². The van der Waals surface area contributed by atoms with Gasteiger partial charge in [-0.15, -0.1) is 23.2 Å². The van der Waals surface area contributed by atoms with Crippen molar-refractivity contribution >= 4 is 92.9 Å². The summed E-state index contributed by atoms with van der Waals surface area (Å²) < 4.78 is 35.6. The summed E-state index contributed by atoms with van der Waals surface area (Å²) in [5, 5.41) is 3.40. The molecule has 1 N–H and O–H groups in total. The molecule has 2 fully saturated rings. The molecule has 0 radical (unpaired) electrons. The normalized spacial score (nSPS) is 20.4. The van der Waals surface area contributed by atoms with Gasteiger partial charge in [0.1, 0.15) is 4.33 Å². The van der Waals surface area contributed by atoms with Crippen LogP contribution in [0.3, 0.4) is 0 Å². The average molecular weight is 665 g/mol. The predicted octanol–water partition coefficient (Wildman–Crippen LogP) is 8.20. The second kappa shape index (κ2) is 11.5. The first-order chi connectivity index (χ1) is 18.1. The van der Waals surface area contributed by atoms with E-state index < -0.39 is 47.0 Å². The molecule has 0 aromatic heterocycles. The predicted molar refractivity (Wildman–Crippen MR) is 147 cm³/mol. The highest BCUT2D eigenvalue weighted by Gasteiger charge is 2.67. The fourth-order valence-corrected chi connectivity index (χ4v) is 6.20. The number of ketones is 1. The van der Waals surface area contributed by atoms with E-state index in [4.69, 9.17) is 69.6 Å². The van der Waals surface area contributed by atoms with Crippen LogP contribution in [-0.2, 0) is 9.59 Å². The minimum absolute atomic E-state index is 0.0371. The number of alkyl halides is 5. The minimum atomic E-state index is -4.40. The van der Waals surface area contributed by atoms with Crippen molar-refractivity contribution in [2.45, 2.75) is 35.7 Å². The minimum Gasteiger partial charge on any atom is -0.342 e. The summed E-state index contributed by atoms with van der Waals surface area (Å²) in [5.74, 6) is -3.10. The standard InChI is InChI=1S/C25H19Cl6F3N2O3/c26-15-2-1-13(8-14(15)18(37)5-11-9-36(10-11)19(38)3-4-24(32,33)34)35-23(39)21-20(25(21,30)31)12-6-16(27)22(29)17(28)7-12/h1-2,6-8,11,20-21H,3-5,9-10H2,(H,35,39). The van der Waals surface area contributed by atoms with Crippen LogP contribution in [-0.4, -0.2) is 46.1 Å². The number of nitrogens with zero attached hydrogens (tertiary/aromatic N) is 1. The summed E-state index contributed by atoms with van der Waals surface area (Å²) in [6.07, 6.45) is -6.17. The van der Waals surface area contributed by atoms with Crippen LogP contribution in [0.25, 0.3) is 0 Å². The van der Waals surface area contributed by atoms with Gasteiger partial charge in [-0.3, -0.25) is 14.4 Å². The number of likely N-dealkylation sites (tertiary alicyclic amines) is 1. The van der Waals surface area contributed by atoms with E-state index in [2.05, 4.69) is 5.32 Å². The molecule has 14 heteroatoms. The molecule has 1 saturated heterocycles. The second-order valence-corrected chi connectivity index (χ2v) is 12.6. The molecule has 2 atom stereocenters. The lowest BCUT2D eigenvalue weighted by molar-refractivity contribution is -0.152. The Kier molecular flexibility index (Phi) is 8.97. The van der Waals surface area contributed by atoms with Crippen molar-refractivity contribution in [2.75, 3.05) is 18.4 Å². The summed E-state index contributed by atoms with van der Waals surface area (Å²) in [5.41, 5.74) is 0.980. The van der Waals surface area contributed by atoms with E-state index in [-0.39, 0.29) is 62.6 Å². The Bertz CT molecular complexity index is 1310. The van der Waals surface area contributed by atoms with Crippen molar-refractivity contribution in [3.63, 3.8) is 0 Å². The zero-order valence-electron chi connectivity index (χ0n) is 19.7. The summed E-state index contributed by atoms with van der Waals surface area (Å²) in [6.45, 7) is 0.373. The molecule has 0 spiro atoms. The molecule has 2 aliphatic rings. The van der Waals surface area contributed by atoms with E-state index >= 15 is 0 Å². The third kappa shape index (κ3) is 6.91. The second-order valence-electron chi connectivity index (χ2n) is 9.52. The van der Waals surface area contributed by atoms with Crippen LogP contribution in [0, 0.1) is 11.8 Å². The third-order valence-corrected chi connectivity index (χ3v) is 9.11. The molecule has 1 heterocycles. The van der Waals surface area contributed by atoms with Crippen molar-refractivity contribution < 1.29 is 27.6 Å². The lowest BCUT2D eigenvalue weighted by atomic mass is 9.91. The van der Waals surface area contributed by atoms with E-state index in [0.29, 0.717) is 5.56 Å². The van der Waals surface area contributed by atoms with Crippen LogP contribution in [0.5, 0.6) is 0 Å². The number of hydrogen-bond acceptors (Lipinski definition) is 3. The van der Waals surface area contributed by atoms with Gasteiger partial charge in [-0.05, 0) is 35.9 Å². The Balaban J connectivity index is 1.36. The van der Waals surface area contributed by atoms with Gasteiger partial charge in [0.15, 0.2) is 5.78 Å². The number of amides is 2. The van der Waals surface area contributed by atoms with Crippen LogP contribution in [0.2, 0.25) is 20.1 Å². The molecule has 1 saturated carbocycles. The molecule has 4 rings (SSSR count). The summed E-state index contributed by atoms with van der Waals surface area (Å²) in [4.78, 5) is 39.1. The van der Waals surface area contributed by atoms with Crippen molar-refractivity contribution in [3.05, 3.63) is 61.5 Å². The van der Waals surface area contributed by atoms with Gasteiger partial charge < -0.3 is 10.2 Å². The fraction of sp³-hybridized carbons (Fsp3) is 0.400. The molecule has 1 aliphatic heterocycles. The molecule has 210 valence electrons. The monoisotopic (exact) mass is 662 g/mol. The third-order valence-electron chi connectivity index (χ3n) is 6.64. The Labute approximate surface area is 251 Å². The van der Waals surface area contributed by atoms with Gasteiger partial charge in [0.2, 0.25) is 11.8 Å². The van der Waals surface area contributed by atoms with Gasteiger partial charge in [0.25, 0.3) is 0 Å². The number of carbonyl (C=O) groups is 3. The molecular formula is C25H19Cl6F3N2O3. The van der Waals surface area contributed by atoms with E-state index in [1.165, 1.54) is 35.2 Å². The number of carbonyl (C=O) groups excluding carboxylic acids is 3. The maximum Gasteiger partial charge on any atom is 0.389 e. The molecule has 5 nitrogen and oxygen atoms in total. The number of halogens is 9. The molecule has 2 aromatic carbocycles. The Morgan fingerprint density at radius 3 is 2.18 bits per heavy atom. The lowest BCUT2D eigenvalue weighted by Gasteiger charge is -2.39. The first-order valence-corrected chi connectivity index (χ1v) is 13.9. The smallest absolute Gasteiger partial charge is 0.342 e. The number of anilines is 1. The van der Waals surface area contributed by atoms with Crippen molar-refractivity contribution in [3.8, 4) is 0 Å². The number of nitrogens with one attached hydrogen (secondary N) is 1. The first-order valence-electron chi connectivity index (χ1n) is 11.6. The topological polar surface area (TPSA) is 66.5 Å². The highest BCUT2D eigenvalue weighted by molar-refractivity contribution is 6.54.